The van der Waals surface area contributed by atoms with E-state index in [1.807, 2.05) is 23.5 Å². The molecular weight excluding hydrogens is 557 g/mol. The van der Waals surface area contributed by atoms with Gasteiger partial charge in [0.1, 0.15) is 11.6 Å². The van der Waals surface area contributed by atoms with E-state index < -0.39 is 0 Å². The van der Waals surface area contributed by atoms with Gasteiger partial charge < -0.3 is 19.8 Å². The molecule has 6 aromatic rings. The van der Waals surface area contributed by atoms with Crippen LogP contribution in [0.15, 0.2) is 94.7 Å². The van der Waals surface area contributed by atoms with Crippen LogP contribution in [-0.2, 0) is 0 Å². The van der Waals surface area contributed by atoms with Gasteiger partial charge in [0.25, 0.3) is 0 Å². The summed E-state index contributed by atoms with van der Waals surface area (Å²) >= 11 is 3.76. The largest absolute Gasteiger partial charge is 0.338 e. The molecule has 2 aromatic heterocycles. The molecule has 2 heterocycles. The number of aromatic amines is 2. The first-order valence-electron chi connectivity index (χ1n) is 14.2. The smallest absolute Gasteiger partial charge is 0.138 e. The van der Waals surface area contributed by atoms with Crippen LogP contribution in [0.1, 0.15) is 0 Å². The van der Waals surface area contributed by atoms with Crippen LogP contribution in [-0.4, -0.2) is 82.5 Å². The first-order valence-corrected chi connectivity index (χ1v) is 16.1. The Balaban J connectivity index is 1.18. The molecule has 6 rings (SSSR count). The van der Waals surface area contributed by atoms with Crippen molar-refractivity contribution in [3.8, 4) is 33.9 Å². The third-order valence-electron chi connectivity index (χ3n) is 7.17. The van der Waals surface area contributed by atoms with Crippen molar-refractivity contribution in [2.45, 2.75) is 9.79 Å². The third kappa shape index (κ3) is 6.73. The third-order valence-corrected chi connectivity index (χ3v) is 9.15. The van der Waals surface area contributed by atoms with Crippen LogP contribution >= 0.6 is 23.5 Å². The second-order valence-electron chi connectivity index (χ2n) is 11.0. The molecule has 0 saturated heterocycles. The predicted octanol–water partition coefficient (Wildman–Crippen LogP) is 7.75. The molecule has 6 nitrogen and oxygen atoms in total. The van der Waals surface area contributed by atoms with E-state index in [0.29, 0.717) is 0 Å². The molecule has 0 saturated carbocycles. The summed E-state index contributed by atoms with van der Waals surface area (Å²) in [4.78, 5) is 23.8. The minimum Gasteiger partial charge on any atom is -0.338 e. The van der Waals surface area contributed by atoms with Crippen molar-refractivity contribution >= 4 is 45.6 Å². The number of thioether (sulfide) groups is 2. The van der Waals surface area contributed by atoms with Crippen LogP contribution in [0, 0.1) is 0 Å². The van der Waals surface area contributed by atoms with Crippen LogP contribution in [0.2, 0.25) is 0 Å². The number of hydrogen-bond acceptors (Lipinski definition) is 6. The quantitative estimate of drug-likeness (QED) is 0.150. The van der Waals surface area contributed by atoms with Crippen LogP contribution in [0.25, 0.3) is 56.0 Å². The van der Waals surface area contributed by atoms with Crippen molar-refractivity contribution in [1.82, 2.24) is 29.7 Å². The molecule has 0 amide bonds. The maximum Gasteiger partial charge on any atom is 0.138 e. The maximum absolute atomic E-state index is 4.93. The van der Waals surface area contributed by atoms with E-state index in [-0.39, 0.29) is 0 Å². The molecule has 0 aliphatic carbocycles. The average molecular weight is 593 g/mol. The van der Waals surface area contributed by atoms with E-state index >= 15 is 0 Å². The number of H-pyrrole nitrogens is 2. The van der Waals surface area contributed by atoms with Gasteiger partial charge in [-0.25, -0.2) is 9.97 Å². The molecule has 0 aliphatic heterocycles. The normalized spacial score (nSPS) is 11.9. The summed E-state index contributed by atoms with van der Waals surface area (Å²) in [6.07, 6.45) is 0. The number of hydrogen-bond donors (Lipinski definition) is 2. The molecule has 0 aliphatic rings. The Morgan fingerprint density at radius 1 is 0.524 bits per heavy atom. The van der Waals surface area contributed by atoms with Crippen molar-refractivity contribution in [3.05, 3.63) is 84.9 Å². The standard InChI is InChI=1S/C34H36N6S2/c1-39(2)17-19-41-27-11-5-23(6-12-27)33-35-29-15-9-25(21-31(29)37-33)26-10-16-30-32(22-26)38-34(36-30)24-7-13-28(14-8-24)42-20-18-40(3)4/h5-16,21-22H,17-20H2,1-4H3,(H,35,37)(H,36,38). The highest BCUT2D eigenvalue weighted by Crippen LogP contribution is 2.30. The van der Waals surface area contributed by atoms with E-state index in [2.05, 4.69) is 133 Å². The monoisotopic (exact) mass is 592 g/mol. The SMILES string of the molecule is CN(C)CCSc1ccc(-c2nc3cc(-c4ccc5[nH]c(-c6ccc(SCCN(C)C)cc6)nc5c4)ccc3[nH]2)cc1. The van der Waals surface area contributed by atoms with Gasteiger partial charge in [-0.15, -0.1) is 23.5 Å². The summed E-state index contributed by atoms with van der Waals surface area (Å²) < 4.78 is 0. The summed E-state index contributed by atoms with van der Waals surface area (Å²) in [5.74, 6) is 3.94. The highest BCUT2D eigenvalue weighted by molar-refractivity contribution is 7.99. The van der Waals surface area contributed by atoms with Gasteiger partial charge in [0.15, 0.2) is 0 Å². The van der Waals surface area contributed by atoms with Gasteiger partial charge in [-0.3, -0.25) is 0 Å². The summed E-state index contributed by atoms with van der Waals surface area (Å²) in [6.45, 7) is 2.13. The van der Waals surface area contributed by atoms with Crippen molar-refractivity contribution in [2.75, 3.05) is 52.8 Å². The van der Waals surface area contributed by atoms with Gasteiger partial charge in [-0.1, -0.05) is 36.4 Å². The maximum atomic E-state index is 4.93. The summed E-state index contributed by atoms with van der Waals surface area (Å²) in [6, 6.07) is 30.2. The van der Waals surface area contributed by atoms with Crippen molar-refractivity contribution in [3.63, 3.8) is 0 Å². The van der Waals surface area contributed by atoms with Crippen LogP contribution in [0.5, 0.6) is 0 Å². The zero-order valence-electron chi connectivity index (χ0n) is 24.5. The number of rotatable bonds is 11. The van der Waals surface area contributed by atoms with Crippen molar-refractivity contribution in [1.29, 1.82) is 0 Å². The minimum absolute atomic E-state index is 0.890. The molecule has 0 spiro atoms. The van der Waals surface area contributed by atoms with E-state index in [9.17, 15) is 0 Å². The molecule has 0 fully saturated rings. The molecule has 214 valence electrons. The molecule has 0 bridgehead atoms. The van der Waals surface area contributed by atoms with Crippen molar-refractivity contribution in [2.24, 2.45) is 0 Å². The molecule has 2 N–H and O–H groups in total. The zero-order chi connectivity index (χ0) is 29.1. The Morgan fingerprint density at radius 2 is 0.905 bits per heavy atom. The second-order valence-corrected chi connectivity index (χ2v) is 13.3. The lowest BCUT2D eigenvalue weighted by Gasteiger charge is -2.08. The average Bonchev–Trinajstić information content (AvgIpc) is 3.61. The second kappa shape index (κ2) is 12.8. The summed E-state index contributed by atoms with van der Waals surface area (Å²) in [5, 5.41) is 0. The van der Waals surface area contributed by atoms with Crippen molar-refractivity contribution < 1.29 is 0 Å². The topological polar surface area (TPSA) is 63.8 Å². The summed E-state index contributed by atoms with van der Waals surface area (Å²) in [5.41, 5.74) is 8.41. The van der Waals surface area contributed by atoms with Gasteiger partial charge in [-0.2, -0.15) is 0 Å². The Bertz CT molecular complexity index is 1650. The van der Waals surface area contributed by atoms with Crippen LogP contribution in [0.3, 0.4) is 0 Å². The minimum atomic E-state index is 0.890. The van der Waals surface area contributed by atoms with Crippen LogP contribution < -0.4 is 0 Å². The fourth-order valence-corrected chi connectivity index (χ4v) is 6.80. The number of nitrogens with zero attached hydrogens (tertiary/aromatic N) is 4. The van der Waals surface area contributed by atoms with Gasteiger partial charge in [-0.05, 0) is 87.8 Å². The van der Waals surface area contributed by atoms with Gasteiger partial charge in [0.05, 0.1) is 22.1 Å². The number of imidazole rings is 2. The van der Waals surface area contributed by atoms with E-state index in [0.717, 1.165) is 80.6 Å². The lowest BCUT2D eigenvalue weighted by atomic mass is 10.0. The highest BCUT2D eigenvalue weighted by atomic mass is 32.2. The zero-order valence-corrected chi connectivity index (χ0v) is 26.1. The number of benzene rings is 4. The van der Waals surface area contributed by atoms with Gasteiger partial charge in [0.2, 0.25) is 0 Å². The molecule has 4 aromatic carbocycles. The first kappa shape index (κ1) is 28.6. The molecular formula is C34H36N6S2. The Labute approximate surface area is 256 Å². The molecule has 42 heavy (non-hydrogen) atoms. The Morgan fingerprint density at radius 3 is 1.29 bits per heavy atom. The van der Waals surface area contributed by atoms with E-state index in [1.165, 1.54) is 9.79 Å². The molecule has 0 unspecified atom stereocenters. The molecule has 8 heteroatoms. The fraction of sp³-hybridized carbons (Fsp3) is 0.235. The lowest BCUT2D eigenvalue weighted by Crippen LogP contribution is -2.14. The predicted molar refractivity (Wildman–Crippen MR) is 181 cm³/mol. The van der Waals surface area contributed by atoms with E-state index in [4.69, 9.17) is 9.97 Å². The fourth-order valence-electron chi connectivity index (χ4n) is 4.75. The van der Waals surface area contributed by atoms with Gasteiger partial charge >= 0.3 is 0 Å². The first-order chi connectivity index (χ1) is 20.4. The number of aromatic nitrogens is 4. The highest BCUT2D eigenvalue weighted by Gasteiger charge is 2.11. The molecule has 0 atom stereocenters. The molecule has 0 radical (unpaired) electrons. The Kier molecular flexibility index (Phi) is 8.67. The van der Waals surface area contributed by atoms with Crippen LogP contribution in [0.4, 0.5) is 0 Å². The Hall–Kier alpha value is -3.56. The lowest BCUT2D eigenvalue weighted by molar-refractivity contribution is 0.437. The van der Waals surface area contributed by atoms with E-state index in [1.54, 1.807) is 0 Å². The van der Waals surface area contributed by atoms with Gasteiger partial charge in [0, 0.05) is 45.5 Å². The summed E-state index contributed by atoms with van der Waals surface area (Å²) in [7, 11) is 8.43. The number of fused-ring (bicyclic) bond motifs is 2. The number of nitrogens with one attached hydrogen (secondary N) is 2.